The van der Waals surface area contributed by atoms with Crippen molar-refractivity contribution >= 4 is 17.2 Å². The molecule has 6 heteroatoms. The van der Waals surface area contributed by atoms with Crippen molar-refractivity contribution < 1.29 is 18.7 Å². The molecule has 0 aliphatic carbocycles. The summed E-state index contributed by atoms with van der Waals surface area (Å²) in [4.78, 5) is 12.3. The minimum absolute atomic E-state index is 0.288. The highest BCUT2D eigenvalue weighted by Crippen LogP contribution is 2.43. The molecule has 1 fully saturated rings. The van der Waals surface area contributed by atoms with Crippen LogP contribution in [0.1, 0.15) is 34.1 Å². The summed E-state index contributed by atoms with van der Waals surface area (Å²) in [5.74, 6) is -0.197. The summed E-state index contributed by atoms with van der Waals surface area (Å²) < 4.78 is 25.0. The zero-order chi connectivity index (χ0) is 19.8. The van der Waals surface area contributed by atoms with Gasteiger partial charge in [0.2, 0.25) is 0 Å². The molecule has 5 nitrogen and oxygen atoms in total. The number of anilines is 2. The molecule has 0 atom stereocenters. The molecule has 0 aromatic heterocycles. The van der Waals surface area contributed by atoms with Crippen LogP contribution in [0.25, 0.3) is 0 Å². The van der Waals surface area contributed by atoms with Crippen molar-refractivity contribution in [1.29, 1.82) is 0 Å². The number of hydrogen-bond acceptors (Lipinski definition) is 5. The molecule has 29 heavy (non-hydrogen) atoms. The zero-order valence-electron chi connectivity index (χ0n) is 15.3. The lowest BCUT2D eigenvalue weighted by Gasteiger charge is -2.36. The van der Waals surface area contributed by atoms with Gasteiger partial charge in [-0.05, 0) is 24.3 Å². The van der Waals surface area contributed by atoms with Gasteiger partial charge in [0.15, 0.2) is 18.4 Å². The fraction of sp³-hybridized carbons (Fsp3) is 0.0870. The third-order valence-corrected chi connectivity index (χ3v) is 4.81. The van der Waals surface area contributed by atoms with Crippen molar-refractivity contribution in [2.75, 3.05) is 10.6 Å². The van der Waals surface area contributed by atoms with E-state index in [1.807, 2.05) is 48.5 Å². The van der Waals surface area contributed by atoms with Gasteiger partial charge in [0.1, 0.15) is 11.6 Å². The fourth-order valence-electron chi connectivity index (χ4n) is 3.33. The lowest BCUT2D eigenvalue weighted by molar-refractivity contribution is -0.397. The molecule has 2 N–H and O–H groups in total. The molecule has 2 heterocycles. The highest BCUT2D eigenvalue weighted by Gasteiger charge is 2.34. The Balaban J connectivity index is 1.27. The summed E-state index contributed by atoms with van der Waals surface area (Å²) in [5, 5.41) is 6.30. The largest absolute Gasteiger partial charge is 0.340 e. The molecule has 3 aromatic carbocycles. The minimum atomic E-state index is -0.441. The molecule has 0 saturated carbocycles. The van der Waals surface area contributed by atoms with Crippen LogP contribution in [0.3, 0.4) is 0 Å². The van der Waals surface area contributed by atoms with Crippen molar-refractivity contribution in [1.82, 2.24) is 0 Å². The van der Waals surface area contributed by atoms with E-state index in [0.717, 1.165) is 22.5 Å². The number of rotatable bonds is 4. The Bertz CT molecular complexity index is 1110. The van der Waals surface area contributed by atoms with Gasteiger partial charge in [-0.2, -0.15) is 0 Å². The van der Waals surface area contributed by atoms with Gasteiger partial charge >= 0.3 is 0 Å². The van der Waals surface area contributed by atoms with Gasteiger partial charge in [-0.25, -0.2) is 4.39 Å². The summed E-state index contributed by atoms with van der Waals surface area (Å²) in [6, 6.07) is 21.1. The van der Waals surface area contributed by atoms with E-state index in [0.29, 0.717) is 11.4 Å². The molecule has 5 rings (SSSR count). The average molecular weight is 388 g/mol. The Morgan fingerprint density at radius 3 is 2.38 bits per heavy atom. The lowest BCUT2D eigenvalue weighted by atomic mass is 10.1. The number of halogens is 1. The van der Waals surface area contributed by atoms with Gasteiger partial charge in [0, 0.05) is 22.8 Å². The molecule has 0 spiro atoms. The third kappa shape index (κ3) is 3.51. The number of nitrogens with one attached hydrogen (secondary N) is 2. The molecule has 0 unspecified atom stereocenters. The SMILES string of the molecule is O=C(/C=C1/Nc2ccc(C3OC(c4ccccc4)O3)cc2N1)c1cccc(F)c1. The van der Waals surface area contributed by atoms with Gasteiger partial charge < -0.3 is 20.1 Å². The molecular formula is C23H17FN2O3. The predicted molar refractivity (Wildman–Crippen MR) is 107 cm³/mol. The highest BCUT2D eigenvalue weighted by molar-refractivity contribution is 6.06. The summed E-state index contributed by atoms with van der Waals surface area (Å²) in [7, 11) is 0. The van der Waals surface area contributed by atoms with Gasteiger partial charge in [-0.1, -0.05) is 48.5 Å². The number of fused-ring (bicyclic) bond motifs is 1. The lowest BCUT2D eigenvalue weighted by Crippen LogP contribution is -2.27. The second-order valence-electron chi connectivity index (χ2n) is 6.83. The summed E-state index contributed by atoms with van der Waals surface area (Å²) in [6.45, 7) is 0. The Hall–Kier alpha value is -3.48. The maximum Gasteiger partial charge on any atom is 0.190 e. The number of ketones is 1. The number of hydrogen-bond donors (Lipinski definition) is 2. The standard InChI is InChI=1S/C23H17FN2O3/c24-17-8-4-7-15(11-17)20(27)13-21-25-18-10-9-16(12-19(18)26-21)23-28-22(29-23)14-5-2-1-3-6-14/h1-13,22-23,25-26H/b21-13-. The fourth-order valence-corrected chi connectivity index (χ4v) is 3.33. The highest BCUT2D eigenvalue weighted by atomic mass is 19.1. The number of ether oxygens (including phenoxy) is 2. The molecule has 144 valence electrons. The van der Waals surface area contributed by atoms with Crippen LogP contribution in [0.15, 0.2) is 84.7 Å². The van der Waals surface area contributed by atoms with Crippen LogP contribution >= 0.6 is 0 Å². The molecule has 0 bridgehead atoms. The van der Waals surface area contributed by atoms with E-state index < -0.39 is 12.1 Å². The number of allylic oxidation sites excluding steroid dienone is 1. The summed E-state index contributed by atoms with van der Waals surface area (Å²) >= 11 is 0. The van der Waals surface area contributed by atoms with Gasteiger partial charge in [0.05, 0.1) is 11.4 Å². The van der Waals surface area contributed by atoms with E-state index in [9.17, 15) is 9.18 Å². The maximum atomic E-state index is 13.3. The van der Waals surface area contributed by atoms with E-state index >= 15 is 0 Å². The van der Waals surface area contributed by atoms with Crippen LogP contribution in [0.5, 0.6) is 0 Å². The molecular weight excluding hydrogens is 371 g/mol. The first-order chi connectivity index (χ1) is 14.2. The van der Waals surface area contributed by atoms with Crippen molar-refractivity contribution in [2.45, 2.75) is 12.6 Å². The van der Waals surface area contributed by atoms with Crippen LogP contribution in [0.4, 0.5) is 15.8 Å². The normalized spacial score (nSPS) is 21.1. The van der Waals surface area contributed by atoms with Crippen molar-refractivity contribution in [3.05, 3.63) is 107 Å². The summed E-state index contributed by atoms with van der Waals surface area (Å²) in [5.41, 5.74) is 3.80. The molecule has 0 amide bonds. The molecule has 3 aromatic rings. The average Bonchev–Trinajstić information content (AvgIpc) is 3.09. The second-order valence-corrected chi connectivity index (χ2v) is 6.83. The van der Waals surface area contributed by atoms with E-state index in [4.69, 9.17) is 9.47 Å². The summed E-state index contributed by atoms with van der Waals surface area (Å²) in [6.07, 6.45) is 0.616. The number of carbonyl (C=O) groups excluding carboxylic acids is 1. The van der Waals surface area contributed by atoms with Crippen molar-refractivity contribution in [3.63, 3.8) is 0 Å². The Morgan fingerprint density at radius 2 is 1.59 bits per heavy atom. The number of benzene rings is 3. The van der Waals surface area contributed by atoms with Gasteiger partial charge in [-0.15, -0.1) is 0 Å². The minimum Gasteiger partial charge on any atom is -0.340 e. The zero-order valence-corrected chi connectivity index (χ0v) is 15.3. The van der Waals surface area contributed by atoms with Gasteiger partial charge in [-0.3, -0.25) is 4.79 Å². The van der Waals surface area contributed by atoms with Crippen LogP contribution in [-0.4, -0.2) is 5.78 Å². The monoisotopic (exact) mass is 388 g/mol. The van der Waals surface area contributed by atoms with Crippen LogP contribution in [0, 0.1) is 5.82 Å². The Morgan fingerprint density at radius 1 is 0.828 bits per heavy atom. The quantitative estimate of drug-likeness (QED) is 0.479. The van der Waals surface area contributed by atoms with Crippen molar-refractivity contribution in [3.8, 4) is 0 Å². The Kier molecular flexibility index (Phi) is 4.35. The van der Waals surface area contributed by atoms with Gasteiger partial charge in [0.25, 0.3) is 0 Å². The smallest absolute Gasteiger partial charge is 0.190 e. The molecule has 1 saturated heterocycles. The van der Waals surface area contributed by atoms with Crippen LogP contribution in [0.2, 0.25) is 0 Å². The topological polar surface area (TPSA) is 59.6 Å². The van der Waals surface area contributed by atoms with E-state index in [-0.39, 0.29) is 12.1 Å². The third-order valence-electron chi connectivity index (χ3n) is 4.81. The first kappa shape index (κ1) is 17.6. The van der Waals surface area contributed by atoms with E-state index in [1.165, 1.54) is 24.3 Å². The first-order valence-electron chi connectivity index (χ1n) is 9.21. The first-order valence-corrected chi connectivity index (χ1v) is 9.21. The predicted octanol–water partition coefficient (Wildman–Crippen LogP) is 5.13. The van der Waals surface area contributed by atoms with E-state index in [1.54, 1.807) is 6.07 Å². The maximum absolute atomic E-state index is 13.3. The molecule has 0 radical (unpaired) electrons. The number of carbonyl (C=O) groups is 1. The van der Waals surface area contributed by atoms with E-state index in [2.05, 4.69) is 10.6 Å². The second kappa shape index (κ2) is 7.16. The van der Waals surface area contributed by atoms with Crippen LogP contribution in [-0.2, 0) is 9.47 Å². The molecule has 2 aliphatic rings. The Labute approximate surface area is 166 Å². The van der Waals surface area contributed by atoms with Crippen molar-refractivity contribution in [2.24, 2.45) is 0 Å². The van der Waals surface area contributed by atoms with Crippen LogP contribution < -0.4 is 10.6 Å². The molecule has 2 aliphatic heterocycles.